The molecule has 0 spiro atoms. The Labute approximate surface area is 115 Å². The highest BCUT2D eigenvalue weighted by molar-refractivity contribution is 6.29. The van der Waals surface area contributed by atoms with E-state index in [1.807, 2.05) is 6.07 Å². The first kappa shape index (κ1) is 10.4. The normalized spacial score (nSPS) is 38.7. The van der Waals surface area contributed by atoms with Gasteiger partial charge in [-0.1, -0.05) is 11.6 Å². The van der Waals surface area contributed by atoms with Crippen molar-refractivity contribution in [2.45, 2.75) is 25.3 Å². The van der Waals surface area contributed by atoms with Crippen LogP contribution in [0.3, 0.4) is 0 Å². The second-order valence-corrected chi connectivity index (χ2v) is 6.48. The van der Waals surface area contributed by atoms with Crippen LogP contribution in [0.25, 0.3) is 5.78 Å². The van der Waals surface area contributed by atoms with E-state index in [0.29, 0.717) is 17.0 Å². The van der Waals surface area contributed by atoms with Gasteiger partial charge in [0.1, 0.15) is 17.3 Å². The fourth-order valence-corrected chi connectivity index (χ4v) is 4.75. The molecule has 0 radical (unpaired) electrons. The number of hydrogen-bond acceptors (Lipinski definition) is 4. The Morgan fingerprint density at radius 3 is 2.84 bits per heavy atom. The van der Waals surface area contributed by atoms with E-state index in [2.05, 4.69) is 20.4 Å². The Balaban J connectivity index is 1.49. The van der Waals surface area contributed by atoms with Gasteiger partial charge in [-0.05, 0) is 42.9 Å². The molecule has 0 saturated heterocycles. The molecule has 3 saturated carbocycles. The Hall–Kier alpha value is -1.36. The molecule has 3 aliphatic rings. The summed E-state index contributed by atoms with van der Waals surface area (Å²) < 4.78 is 1.74. The molecule has 4 atom stereocenters. The first-order valence-electron chi connectivity index (χ1n) is 6.94. The van der Waals surface area contributed by atoms with Crippen molar-refractivity contribution >= 4 is 23.2 Å². The molecular weight excluding hydrogens is 262 g/mol. The number of nitrogens with one attached hydrogen (secondary N) is 1. The number of nitrogens with zero attached hydrogens (tertiary/aromatic N) is 4. The molecule has 6 heteroatoms. The molecule has 5 rings (SSSR count). The minimum Gasteiger partial charge on any atom is -0.366 e. The van der Waals surface area contributed by atoms with Crippen molar-refractivity contribution in [2.75, 3.05) is 5.32 Å². The van der Waals surface area contributed by atoms with E-state index in [-0.39, 0.29) is 0 Å². The van der Waals surface area contributed by atoms with E-state index in [1.54, 1.807) is 4.52 Å². The highest BCUT2D eigenvalue weighted by atomic mass is 35.5. The van der Waals surface area contributed by atoms with Crippen LogP contribution >= 0.6 is 11.6 Å². The van der Waals surface area contributed by atoms with Crippen LogP contribution in [0.4, 0.5) is 5.82 Å². The SMILES string of the molecule is Clc1cc(NC2C3C4CCC(C4)C23)n2ncnc2n1. The summed E-state index contributed by atoms with van der Waals surface area (Å²) in [4.78, 5) is 8.25. The van der Waals surface area contributed by atoms with Crippen LogP contribution in [0.2, 0.25) is 5.15 Å². The number of halogens is 1. The summed E-state index contributed by atoms with van der Waals surface area (Å²) in [5.74, 6) is 5.15. The van der Waals surface area contributed by atoms with E-state index in [9.17, 15) is 0 Å². The van der Waals surface area contributed by atoms with E-state index < -0.39 is 0 Å². The van der Waals surface area contributed by atoms with Crippen LogP contribution in [0.1, 0.15) is 19.3 Å². The molecule has 5 nitrogen and oxygen atoms in total. The summed E-state index contributed by atoms with van der Waals surface area (Å²) in [7, 11) is 0. The molecule has 2 bridgehead atoms. The van der Waals surface area contributed by atoms with Crippen LogP contribution in [0, 0.1) is 23.7 Å². The molecule has 3 fully saturated rings. The first-order valence-corrected chi connectivity index (χ1v) is 7.32. The van der Waals surface area contributed by atoms with Gasteiger partial charge in [-0.25, -0.2) is 0 Å². The lowest BCUT2D eigenvalue weighted by Gasteiger charge is -2.12. The smallest absolute Gasteiger partial charge is 0.255 e. The predicted molar refractivity (Wildman–Crippen MR) is 71.0 cm³/mol. The van der Waals surface area contributed by atoms with Gasteiger partial charge < -0.3 is 5.32 Å². The van der Waals surface area contributed by atoms with Crippen molar-refractivity contribution in [3.05, 3.63) is 17.5 Å². The van der Waals surface area contributed by atoms with Gasteiger partial charge in [0.15, 0.2) is 0 Å². The second-order valence-electron chi connectivity index (χ2n) is 6.09. The fraction of sp³-hybridized carbons (Fsp3) is 0.615. The van der Waals surface area contributed by atoms with E-state index in [1.165, 1.54) is 25.6 Å². The summed E-state index contributed by atoms with van der Waals surface area (Å²) in [5.41, 5.74) is 0. The molecule has 2 aromatic heterocycles. The van der Waals surface area contributed by atoms with Crippen molar-refractivity contribution in [3.8, 4) is 0 Å². The highest BCUT2D eigenvalue weighted by Gasteiger charge is 2.65. The van der Waals surface area contributed by atoms with Gasteiger partial charge in [-0.15, -0.1) is 0 Å². The summed E-state index contributed by atoms with van der Waals surface area (Å²) in [6, 6.07) is 2.45. The molecule has 2 heterocycles. The summed E-state index contributed by atoms with van der Waals surface area (Å²) >= 11 is 6.04. The Morgan fingerprint density at radius 2 is 2.05 bits per heavy atom. The van der Waals surface area contributed by atoms with Crippen molar-refractivity contribution < 1.29 is 0 Å². The van der Waals surface area contributed by atoms with E-state index in [4.69, 9.17) is 11.6 Å². The number of aromatic nitrogens is 4. The van der Waals surface area contributed by atoms with Crippen LogP contribution in [-0.2, 0) is 0 Å². The monoisotopic (exact) mass is 275 g/mol. The molecule has 4 unspecified atom stereocenters. The second kappa shape index (κ2) is 3.39. The molecule has 0 amide bonds. The number of rotatable bonds is 2. The lowest BCUT2D eigenvalue weighted by Crippen LogP contribution is -2.15. The van der Waals surface area contributed by atoms with Crippen molar-refractivity contribution in [1.82, 2.24) is 19.6 Å². The van der Waals surface area contributed by atoms with Gasteiger partial charge in [-0.2, -0.15) is 19.6 Å². The third kappa shape index (κ3) is 1.34. The maximum atomic E-state index is 6.04. The third-order valence-electron chi connectivity index (χ3n) is 5.27. The standard InChI is InChI=1S/C13H14ClN5/c14-8-4-9(19-13(17-8)15-5-16-19)18-12-10-6-1-2-7(3-6)11(10)12/h4-7,10-12,18H,1-3H2. The molecule has 98 valence electrons. The van der Waals surface area contributed by atoms with Gasteiger partial charge in [0.25, 0.3) is 5.78 Å². The van der Waals surface area contributed by atoms with Gasteiger partial charge in [0.2, 0.25) is 0 Å². The quantitative estimate of drug-likeness (QED) is 0.854. The third-order valence-corrected chi connectivity index (χ3v) is 5.46. The Kier molecular flexibility index (Phi) is 1.86. The summed E-state index contributed by atoms with van der Waals surface area (Å²) in [6.45, 7) is 0. The van der Waals surface area contributed by atoms with Gasteiger partial charge >= 0.3 is 0 Å². The van der Waals surface area contributed by atoms with Crippen LogP contribution in [0.5, 0.6) is 0 Å². The lowest BCUT2D eigenvalue weighted by molar-refractivity contribution is 0.456. The van der Waals surface area contributed by atoms with Crippen LogP contribution < -0.4 is 5.32 Å². The number of hydrogen-bond donors (Lipinski definition) is 1. The predicted octanol–water partition coefficient (Wildman–Crippen LogP) is 2.23. The van der Waals surface area contributed by atoms with Crippen molar-refractivity contribution in [3.63, 3.8) is 0 Å². The minimum atomic E-state index is 0.469. The fourth-order valence-electron chi connectivity index (χ4n) is 4.58. The Bertz CT molecular complexity index is 652. The molecule has 0 aliphatic heterocycles. The maximum absolute atomic E-state index is 6.04. The number of anilines is 1. The highest BCUT2D eigenvalue weighted by Crippen LogP contribution is 2.66. The zero-order valence-corrected chi connectivity index (χ0v) is 11.1. The van der Waals surface area contributed by atoms with Crippen LogP contribution in [-0.4, -0.2) is 25.6 Å². The largest absolute Gasteiger partial charge is 0.366 e. The van der Waals surface area contributed by atoms with Crippen LogP contribution in [0.15, 0.2) is 12.4 Å². The lowest BCUT2D eigenvalue weighted by atomic mass is 10.0. The molecule has 0 aromatic carbocycles. The maximum Gasteiger partial charge on any atom is 0.255 e. The molecule has 2 aromatic rings. The summed E-state index contributed by atoms with van der Waals surface area (Å²) in [6.07, 6.45) is 5.84. The Morgan fingerprint density at radius 1 is 1.26 bits per heavy atom. The number of fused-ring (bicyclic) bond motifs is 6. The van der Waals surface area contributed by atoms with E-state index >= 15 is 0 Å². The van der Waals surface area contributed by atoms with Gasteiger partial charge in [0.05, 0.1) is 0 Å². The topological polar surface area (TPSA) is 55.1 Å². The van der Waals surface area contributed by atoms with Gasteiger partial charge in [-0.3, -0.25) is 0 Å². The van der Waals surface area contributed by atoms with E-state index in [0.717, 1.165) is 29.5 Å². The molecule has 1 N–H and O–H groups in total. The summed E-state index contributed by atoms with van der Waals surface area (Å²) in [5, 5.41) is 8.30. The average molecular weight is 276 g/mol. The van der Waals surface area contributed by atoms with Crippen molar-refractivity contribution in [2.24, 2.45) is 23.7 Å². The average Bonchev–Trinajstić information content (AvgIpc) is 2.81. The molecular formula is C13H14ClN5. The molecule has 19 heavy (non-hydrogen) atoms. The first-order chi connectivity index (χ1) is 9.31. The van der Waals surface area contributed by atoms with Gasteiger partial charge in [0, 0.05) is 12.1 Å². The minimum absolute atomic E-state index is 0.469. The zero-order valence-electron chi connectivity index (χ0n) is 10.3. The molecule has 3 aliphatic carbocycles. The van der Waals surface area contributed by atoms with Crippen molar-refractivity contribution in [1.29, 1.82) is 0 Å². The zero-order chi connectivity index (χ0) is 12.6.